The molecule has 5 heteroatoms. The van der Waals surface area contributed by atoms with Gasteiger partial charge in [-0.2, -0.15) is 4.68 Å². The zero-order valence-corrected chi connectivity index (χ0v) is 10.4. The number of benzene rings is 1. The third-order valence-corrected chi connectivity index (χ3v) is 2.89. The SMILES string of the molecule is CC(C)(C)Sc1nnnn1-c1ccccc1. The maximum absolute atomic E-state index is 4.04. The predicted octanol–water partition coefficient (Wildman–Crippen LogP) is 2.55. The lowest BCUT2D eigenvalue weighted by molar-refractivity contribution is 0.742. The Morgan fingerprint density at radius 3 is 2.44 bits per heavy atom. The lowest BCUT2D eigenvalue weighted by atomic mass is 10.3. The molecule has 2 rings (SSSR count). The Morgan fingerprint density at radius 2 is 1.81 bits per heavy atom. The monoisotopic (exact) mass is 234 g/mol. The molecule has 0 N–H and O–H groups in total. The van der Waals surface area contributed by atoms with Crippen molar-refractivity contribution < 1.29 is 0 Å². The highest BCUT2D eigenvalue weighted by atomic mass is 32.2. The van der Waals surface area contributed by atoms with Crippen molar-refractivity contribution in [1.29, 1.82) is 0 Å². The van der Waals surface area contributed by atoms with Crippen LogP contribution in [0.25, 0.3) is 5.69 Å². The summed E-state index contributed by atoms with van der Waals surface area (Å²) in [5.74, 6) is 0. The van der Waals surface area contributed by atoms with Gasteiger partial charge in [0.1, 0.15) is 0 Å². The van der Waals surface area contributed by atoms with Crippen molar-refractivity contribution >= 4 is 11.8 Å². The van der Waals surface area contributed by atoms with Crippen molar-refractivity contribution in [3.05, 3.63) is 30.3 Å². The molecule has 0 aliphatic rings. The average molecular weight is 234 g/mol. The molecular weight excluding hydrogens is 220 g/mol. The number of rotatable bonds is 2. The van der Waals surface area contributed by atoms with Gasteiger partial charge < -0.3 is 0 Å². The van der Waals surface area contributed by atoms with Gasteiger partial charge in [0, 0.05) is 4.75 Å². The maximum atomic E-state index is 4.04. The number of thioether (sulfide) groups is 1. The molecule has 16 heavy (non-hydrogen) atoms. The van der Waals surface area contributed by atoms with E-state index in [9.17, 15) is 0 Å². The number of hydrogen-bond acceptors (Lipinski definition) is 4. The summed E-state index contributed by atoms with van der Waals surface area (Å²) in [6, 6.07) is 9.90. The number of hydrogen-bond donors (Lipinski definition) is 0. The van der Waals surface area contributed by atoms with Gasteiger partial charge in [0.2, 0.25) is 5.16 Å². The molecule has 2 aromatic rings. The standard InChI is InChI=1S/C11H14N4S/c1-11(2,3)16-10-12-13-14-15(10)9-7-5-4-6-8-9/h4-8H,1-3H3. The Bertz CT molecular complexity index is 458. The van der Waals surface area contributed by atoms with Crippen LogP contribution in [0.1, 0.15) is 20.8 Å². The molecule has 4 nitrogen and oxygen atoms in total. The fourth-order valence-corrected chi connectivity index (χ4v) is 2.10. The van der Waals surface area contributed by atoms with Gasteiger partial charge in [0.25, 0.3) is 0 Å². The fourth-order valence-electron chi connectivity index (χ4n) is 1.25. The summed E-state index contributed by atoms with van der Waals surface area (Å²) in [6.45, 7) is 6.42. The van der Waals surface area contributed by atoms with Gasteiger partial charge >= 0.3 is 0 Å². The van der Waals surface area contributed by atoms with E-state index in [0.29, 0.717) is 0 Å². The summed E-state index contributed by atoms with van der Waals surface area (Å²) >= 11 is 1.66. The second kappa shape index (κ2) is 4.25. The zero-order valence-electron chi connectivity index (χ0n) is 9.58. The molecule has 0 radical (unpaired) electrons. The third-order valence-electron chi connectivity index (χ3n) is 1.84. The smallest absolute Gasteiger partial charge is 0.187 e. The first-order valence-corrected chi connectivity index (χ1v) is 5.91. The molecule has 84 valence electrons. The second-order valence-corrected chi connectivity index (χ2v) is 6.22. The molecule has 0 amide bonds. The first-order valence-electron chi connectivity index (χ1n) is 5.09. The van der Waals surface area contributed by atoms with E-state index in [-0.39, 0.29) is 4.75 Å². The molecular formula is C11H14N4S. The van der Waals surface area contributed by atoms with Crippen LogP contribution in [0.5, 0.6) is 0 Å². The average Bonchev–Trinajstić information content (AvgIpc) is 2.64. The molecule has 0 atom stereocenters. The summed E-state index contributed by atoms with van der Waals surface area (Å²) in [5.41, 5.74) is 0.985. The Morgan fingerprint density at radius 1 is 1.12 bits per heavy atom. The molecule has 0 unspecified atom stereocenters. The van der Waals surface area contributed by atoms with Crippen molar-refractivity contribution in [2.75, 3.05) is 0 Å². The van der Waals surface area contributed by atoms with Gasteiger partial charge in [-0.05, 0) is 22.6 Å². The van der Waals surface area contributed by atoms with Gasteiger partial charge in [-0.3, -0.25) is 0 Å². The van der Waals surface area contributed by atoms with E-state index in [0.717, 1.165) is 10.8 Å². The van der Waals surface area contributed by atoms with E-state index in [4.69, 9.17) is 0 Å². The Kier molecular flexibility index (Phi) is 2.96. The Labute approximate surface area is 99.1 Å². The Hall–Kier alpha value is -1.36. The summed E-state index contributed by atoms with van der Waals surface area (Å²) < 4.78 is 1.86. The minimum absolute atomic E-state index is 0.0985. The lowest BCUT2D eigenvalue weighted by Gasteiger charge is -2.16. The summed E-state index contributed by atoms with van der Waals surface area (Å²) in [6.07, 6.45) is 0. The van der Waals surface area contributed by atoms with Crippen LogP contribution in [0.15, 0.2) is 35.5 Å². The molecule has 0 bridgehead atoms. The van der Waals surface area contributed by atoms with Crippen LogP contribution in [-0.2, 0) is 0 Å². The molecule has 0 spiro atoms. The quantitative estimate of drug-likeness (QED) is 0.749. The van der Waals surface area contributed by atoms with E-state index in [1.165, 1.54) is 0 Å². The van der Waals surface area contributed by atoms with Gasteiger partial charge in [-0.25, -0.2) is 0 Å². The summed E-state index contributed by atoms with van der Waals surface area (Å²) in [4.78, 5) is 0. The van der Waals surface area contributed by atoms with Crippen LogP contribution < -0.4 is 0 Å². The van der Waals surface area contributed by atoms with Crippen LogP contribution in [-0.4, -0.2) is 25.0 Å². The van der Waals surface area contributed by atoms with E-state index < -0.39 is 0 Å². The Balaban J connectivity index is 2.33. The van der Waals surface area contributed by atoms with Crippen molar-refractivity contribution in [3.63, 3.8) is 0 Å². The van der Waals surface area contributed by atoms with Crippen LogP contribution >= 0.6 is 11.8 Å². The van der Waals surface area contributed by atoms with Gasteiger partial charge in [0.05, 0.1) is 5.69 Å². The molecule has 0 fully saturated rings. The van der Waals surface area contributed by atoms with Crippen LogP contribution in [0.2, 0.25) is 0 Å². The summed E-state index contributed by atoms with van der Waals surface area (Å²) in [7, 11) is 0. The molecule has 0 saturated heterocycles. The molecule has 0 aliphatic heterocycles. The van der Waals surface area contributed by atoms with Crippen molar-refractivity contribution in [1.82, 2.24) is 20.2 Å². The highest BCUT2D eigenvalue weighted by Crippen LogP contribution is 2.30. The van der Waals surface area contributed by atoms with Crippen molar-refractivity contribution in [2.45, 2.75) is 30.7 Å². The topological polar surface area (TPSA) is 43.6 Å². The van der Waals surface area contributed by atoms with Crippen LogP contribution in [0.4, 0.5) is 0 Å². The normalized spacial score (nSPS) is 11.7. The molecule has 1 heterocycles. The van der Waals surface area contributed by atoms with Crippen molar-refractivity contribution in [2.24, 2.45) is 0 Å². The predicted molar refractivity (Wildman–Crippen MR) is 64.8 cm³/mol. The molecule has 0 saturated carbocycles. The second-order valence-electron chi connectivity index (χ2n) is 4.42. The van der Waals surface area contributed by atoms with E-state index >= 15 is 0 Å². The lowest BCUT2D eigenvalue weighted by Crippen LogP contribution is -2.10. The summed E-state index contributed by atoms with van der Waals surface area (Å²) in [5, 5.41) is 12.6. The number of tetrazole rings is 1. The number of aromatic nitrogens is 4. The van der Waals surface area contributed by atoms with Gasteiger partial charge in [-0.15, -0.1) is 5.10 Å². The first-order chi connectivity index (χ1) is 7.56. The number of nitrogens with zero attached hydrogens (tertiary/aromatic N) is 4. The zero-order chi connectivity index (χ0) is 11.6. The minimum Gasteiger partial charge on any atom is -0.187 e. The van der Waals surface area contributed by atoms with Gasteiger partial charge in [0.15, 0.2) is 0 Å². The highest BCUT2D eigenvalue weighted by molar-refractivity contribution is 8.00. The van der Waals surface area contributed by atoms with E-state index in [1.54, 1.807) is 16.4 Å². The van der Waals surface area contributed by atoms with Gasteiger partial charge in [-0.1, -0.05) is 50.7 Å². The molecule has 0 aliphatic carbocycles. The largest absolute Gasteiger partial charge is 0.214 e. The highest BCUT2D eigenvalue weighted by Gasteiger charge is 2.18. The third kappa shape index (κ3) is 2.61. The number of para-hydroxylation sites is 1. The van der Waals surface area contributed by atoms with Crippen LogP contribution in [0.3, 0.4) is 0 Å². The first kappa shape index (κ1) is 11.1. The minimum atomic E-state index is 0.0985. The molecule has 1 aromatic heterocycles. The van der Waals surface area contributed by atoms with E-state index in [2.05, 4.69) is 36.3 Å². The molecule has 1 aromatic carbocycles. The van der Waals surface area contributed by atoms with E-state index in [1.807, 2.05) is 30.3 Å². The van der Waals surface area contributed by atoms with Crippen LogP contribution in [0, 0.1) is 0 Å². The fraction of sp³-hybridized carbons (Fsp3) is 0.364. The maximum Gasteiger partial charge on any atom is 0.214 e. The van der Waals surface area contributed by atoms with Crippen molar-refractivity contribution in [3.8, 4) is 5.69 Å².